The molecule has 0 saturated heterocycles. The molecule has 2 heteroatoms. The predicted octanol–water partition coefficient (Wildman–Crippen LogP) is 2.39. The monoisotopic (exact) mass is 175 g/mol. The van der Waals surface area contributed by atoms with Crippen LogP contribution in [0.3, 0.4) is 0 Å². The largest absolute Gasteiger partial charge is 0.508 e. The van der Waals surface area contributed by atoms with Crippen LogP contribution in [-0.2, 0) is 0 Å². The summed E-state index contributed by atoms with van der Waals surface area (Å²) in [5.74, 6) is 0.278. The van der Waals surface area contributed by atoms with Crippen molar-refractivity contribution in [2.45, 2.75) is 6.92 Å². The third-order valence-corrected chi connectivity index (χ3v) is 1.74. The summed E-state index contributed by atoms with van der Waals surface area (Å²) in [6.45, 7) is 6.17. The van der Waals surface area contributed by atoms with Gasteiger partial charge in [0.25, 0.3) is 0 Å². The number of nitrogens with zero attached hydrogens (tertiary/aromatic N) is 1. The number of phenols is 1. The van der Waals surface area contributed by atoms with E-state index in [4.69, 9.17) is 5.11 Å². The van der Waals surface area contributed by atoms with Gasteiger partial charge in [-0.3, -0.25) is 4.99 Å². The van der Waals surface area contributed by atoms with E-state index in [2.05, 4.69) is 11.6 Å². The molecule has 0 amide bonds. The van der Waals surface area contributed by atoms with Gasteiger partial charge in [0.15, 0.2) is 0 Å². The van der Waals surface area contributed by atoms with Crippen molar-refractivity contribution in [1.82, 2.24) is 0 Å². The van der Waals surface area contributed by atoms with E-state index in [-0.39, 0.29) is 5.75 Å². The summed E-state index contributed by atoms with van der Waals surface area (Å²) in [7, 11) is 0. The van der Waals surface area contributed by atoms with Crippen molar-refractivity contribution in [1.29, 1.82) is 0 Å². The first-order valence-electron chi connectivity index (χ1n) is 4.15. The molecule has 1 rings (SSSR count). The first-order valence-corrected chi connectivity index (χ1v) is 4.15. The fourth-order valence-corrected chi connectivity index (χ4v) is 0.995. The summed E-state index contributed by atoms with van der Waals surface area (Å²) < 4.78 is 0. The maximum absolute atomic E-state index is 9.06. The van der Waals surface area contributed by atoms with Crippen LogP contribution in [0.25, 0.3) is 0 Å². The Hall–Kier alpha value is -1.57. The van der Waals surface area contributed by atoms with Crippen molar-refractivity contribution < 1.29 is 5.11 Å². The van der Waals surface area contributed by atoms with Crippen LogP contribution in [0, 0.1) is 0 Å². The Balaban J connectivity index is 2.82. The van der Waals surface area contributed by atoms with Crippen LogP contribution in [-0.4, -0.2) is 17.4 Å². The molecular formula is C11H13NO. The molecule has 0 spiro atoms. The molecule has 68 valence electrons. The van der Waals surface area contributed by atoms with Crippen LogP contribution >= 0.6 is 0 Å². The van der Waals surface area contributed by atoms with Crippen molar-refractivity contribution in [2.75, 3.05) is 6.54 Å². The highest BCUT2D eigenvalue weighted by atomic mass is 16.3. The van der Waals surface area contributed by atoms with Crippen LogP contribution in [0.15, 0.2) is 41.9 Å². The van der Waals surface area contributed by atoms with Gasteiger partial charge in [-0.1, -0.05) is 6.08 Å². The minimum absolute atomic E-state index is 0.278. The quantitative estimate of drug-likeness (QED) is 0.555. The number of hydrogen-bond donors (Lipinski definition) is 1. The lowest BCUT2D eigenvalue weighted by molar-refractivity contribution is 0.475. The SMILES string of the molecule is C=CCN=C(C)c1ccc(O)cc1. The number of benzene rings is 1. The molecule has 0 unspecified atom stereocenters. The first kappa shape index (κ1) is 9.52. The van der Waals surface area contributed by atoms with Crippen molar-refractivity contribution in [3.63, 3.8) is 0 Å². The summed E-state index contributed by atoms with van der Waals surface area (Å²) in [6, 6.07) is 7.00. The predicted molar refractivity (Wildman–Crippen MR) is 55.4 cm³/mol. The molecule has 0 aliphatic carbocycles. The highest BCUT2D eigenvalue weighted by Gasteiger charge is 1.95. The van der Waals surface area contributed by atoms with Crippen molar-refractivity contribution in [3.8, 4) is 5.75 Å². The highest BCUT2D eigenvalue weighted by molar-refractivity contribution is 5.98. The van der Waals surface area contributed by atoms with Crippen molar-refractivity contribution in [2.24, 2.45) is 4.99 Å². The van der Waals surface area contributed by atoms with Crippen LogP contribution < -0.4 is 0 Å². The zero-order chi connectivity index (χ0) is 9.68. The van der Waals surface area contributed by atoms with E-state index in [1.165, 1.54) is 0 Å². The molecule has 0 atom stereocenters. The summed E-state index contributed by atoms with van der Waals surface area (Å²) in [4.78, 5) is 4.26. The van der Waals surface area contributed by atoms with E-state index in [1.807, 2.05) is 19.1 Å². The van der Waals surface area contributed by atoms with E-state index in [0.717, 1.165) is 11.3 Å². The second kappa shape index (κ2) is 4.45. The molecule has 0 radical (unpaired) electrons. The molecule has 2 nitrogen and oxygen atoms in total. The Morgan fingerprint density at radius 2 is 2.08 bits per heavy atom. The van der Waals surface area contributed by atoms with Gasteiger partial charge < -0.3 is 5.11 Å². The molecule has 0 bridgehead atoms. The van der Waals surface area contributed by atoms with Gasteiger partial charge >= 0.3 is 0 Å². The Kier molecular flexibility index (Phi) is 3.26. The van der Waals surface area contributed by atoms with Gasteiger partial charge in [0.05, 0.1) is 6.54 Å². The Bertz CT molecular complexity index is 311. The standard InChI is InChI=1S/C11H13NO/c1-3-8-12-9(2)10-4-6-11(13)7-5-10/h3-7,13H,1,8H2,2H3. The van der Waals surface area contributed by atoms with Crippen LogP contribution in [0.5, 0.6) is 5.75 Å². The molecule has 1 N–H and O–H groups in total. The summed E-state index contributed by atoms with van der Waals surface area (Å²) in [6.07, 6.45) is 1.75. The van der Waals surface area contributed by atoms with Gasteiger partial charge in [-0.05, 0) is 36.8 Å². The lowest BCUT2D eigenvalue weighted by atomic mass is 10.1. The second-order valence-electron chi connectivity index (χ2n) is 2.76. The van der Waals surface area contributed by atoms with Gasteiger partial charge in [0.2, 0.25) is 0 Å². The normalized spacial score (nSPS) is 11.3. The van der Waals surface area contributed by atoms with Gasteiger partial charge in [0, 0.05) is 5.71 Å². The molecule has 1 aromatic carbocycles. The molecule has 0 fully saturated rings. The molecule has 0 heterocycles. The zero-order valence-corrected chi connectivity index (χ0v) is 7.70. The minimum atomic E-state index is 0.278. The smallest absolute Gasteiger partial charge is 0.115 e. The minimum Gasteiger partial charge on any atom is -0.508 e. The van der Waals surface area contributed by atoms with E-state index >= 15 is 0 Å². The number of hydrogen-bond acceptors (Lipinski definition) is 2. The lowest BCUT2D eigenvalue weighted by Crippen LogP contribution is -1.94. The molecule has 13 heavy (non-hydrogen) atoms. The van der Waals surface area contributed by atoms with Crippen molar-refractivity contribution in [3.05, 3.63) is 42.5 Å². The fourth-order valence-electron chi connectivity index (χ4n) is 0.995. The summed E-state index contributed by atoms with van der Waals surface area (Å²) in [5.41, 5.74) is 1.99. The topological polar surface area (TPSA) is 32.6 Å². The summed E-state index contributed by atoms with van der Waals surface area (Å²) >= 11 is 0. The second-order valence-corrected chi connectivity index (χ2v) is 2.76. The molecule has 0 aliphatic rings. The van der Waals surface area contributed by atoms with Gasteiger partial charge in [0.1, 0.15) is 5.75 Å². The average molecular weight is 175 g/mol. The number of phenolic OH excluding ortho intramolecular Hbond substituents is 1. The Labute approximate surface area is 78.3 Å². The number of aliphatic imine (C=N–C) groups is 1. The average Bonchev–Trinajstić information content (AvgIpc) is 2.15. The Morgan fingerprint density at radius 1 is 1.46 bits per heavy atom. The van der Waals surface area contributed by atoms with Crippen LogP contribution in [0.2, 0.25) is 0 Å². The fraction of sp³-hybridized carbons (Fsp3) is 0.182. The van der Waals surface area contributed by atoms with E-state index in [1.54, 1.807) is 18.2 Å². The van der Waals surface area contributed by atoms with E-state index < -0.39 is 0 Å². The molecule has 0 aromatic heterocycles. The highest BCUT2D eigenvalue weighted by Crippen LogP contribution is 2.10. The van der Waals surface area contributed by atoms with Crippen molar-refractivity contribution >= 4 is 5.71 Å². The maximum atomic E-state index is 9.06. The zero-order valence-electron chi connectivity index (χ0n) is 7.70. The molecule has 0 saturated carbocycles. The maximum Gasteiger partial charge on any atom is 0.115 e. The summed E-state index contributed by atoms with van der Waals surface area (Å²) in [5, 5.41) is 9.06. The molecular weight excluding hydrogens is 162 g/mol. The third kappa shape index (κ3) is 2.75. The van der Waals surface area contributed by atoms with Gasteiger partial charge in [-0.25, -0.2) is 0 Å². The van der Waals surface area contributed by atoms with Gasteiger partial charge in [-0.2, -0.15) is 0 Å². The third-order valence-electron chi connectivity index (χ3n) is 1.74. The van der Waals surface area contributed by atoms with E-state index in [0.29, 0.717) is 6.54 Å². The number of rotatable bonds is 3. The van der Waals surface area contributed by atoms with Crippen LogP contribution in [0.1, 0.15) is 12.5 Å². The Morgan fingerprint density at radius 3 is 2.62 bits per heavy atom. The molecule has 1 aromatic rings. The lowest BCUT2D eigenvalue weighted by Gasteiger charge is -1.99. The molecule has 0 aliphatic heterocycles. The van der Waals surface area contributed by atoms with Gasteiger partial charge in [-0.15, -0.1) is 6.58 Å². The van der Waals surface area contributed by atoms with Crippen LogP contribution in [0.4, 0.5) is 0 Å². The first-order chi connectivity index (χ1) is 6.24. The van der Waals surface area contributed by atoms with E-state index in [9.17, 15) is 0 Å². The number of aromatic hydroxyl groups is 1.